The number of aliphatic hydroxyl groups is 1. The van der Waals surface area contributed by atoms with Crippen LogP contribution in [0.5, 0.6) is 5.75 Å². The van der Waals surface area contributed by atoms with Crippen LogP contribution in [0, 0.1) is 0 Å². The Morgan fingerprint density at radius 1 is 1.43 bits per heavy atom. The molecule has 0 aliphatic carbocycles. The first-order valence-corrected chi connectivity index (χ1v) is 7.31. The Bertz CT molecular complexity index is 512. The van der Waals surface area contributed by atoms with Crippen molar-refractivity contribution in [1.82, 2.24) is 4.90 Å². The van der Waals surface area contributed by atoms with E-state index < -0.39 is 0 Å². The van der Waals surface area contributed by atoms with Crippen LogP contribution in [0.15, 0.2) is 18.2 Å². The summed E-state index contributed by atoms with van der Waals surface area (Å²) in [5.41, 5.74) is 0. The number of aliphatic hydroxyl groups excluding tert-OH is 1. The summed E-state index contributed by atoms with van der Waals surface area (Å²) in [4.78, 5) is 13.8. The minimum atomic E-state index is -0.222. The average Bonchev–Trinajstić information content (AvgIpc) is 2.91. The van der Waals surface area contributed by atoms with Gasteiger partial charge in [-0.25, -0.2) is 0 Å². The van der Waals surface area contributed by atoms with E-state index >= 15 is 0 Å². The molecule has 2 atom stereocenters. The topological polar surface area (TPSA) is 59.0 Å². The predicted octanol–water partition coefficient (Wildman–Crippen LogP) is 1.98. The quantitative estimate of drug-likeness (QED) is 0.895. The van der Waals surface area contributed by atoms with Crippen molar-refractivity contribution < 1.29 is 19.4 Å². The molecule has 0 unspecified atom stereocenters. The third kappa shape index (κ3) is 4.01. The predicted molar refractivity (Wildman–Crippen MR) is 80.0 cm³/mol. The Morgan fingerprint density at radius 3 is 2.81 bits per heavy atom. The van der Waals surface area contributed by atoms with Crippen molar-refractivity contribution in [3.63, 3.8) is 0 Å². The van der Waals surface area contributed by atoms with E-state index in [-0.39, 0.29) is 31.3 Å². The lowest BCUT2D eigenvalue weighted by molar-refractivity contribution is -0.135. The highest BCUT2D eigenvalue weighted by Gasteiger charge is 2.34. The van der Waals surface area contributed by atoms with Crippen molar-refractivity contribution in [3.8, 4) is 5.75 Å². The van der Waals surface area contributed by atoms with Gasteiger partial charge >= 0.3 is 0 Å². The fourth-order valence-corrected chi connectivity index (χ4v) is 2.61. The number of carbonyl (C=O) groups excluding carboxylic acids is 1. The van der Waals surface area contributed by atoms with E-state index in [1.54, 1.807) is 30.2 Å². The van der Waals surface area contributed by atoms with Crippen LogP contribution >= 0.6 is 23.2 Å². The van der Waals surface area contributed by atoms with Crippen molar-refractivity contribution in [2.45, 2.75) is 18.6 Å². The number of rotatable bonds is 5. The van der Waals surface area contributed by atoms with E-state index in [0.717, 1.165) is 0 Å². The molecule has 2 rings (SSSR count). The standard InChI is InChI=1S/C14H17Cl2NO4/c1-20-11-4-9(7-18)17(6-11)14(19)8-21-10-2-3-12(15)13(16)5-10/h2-3,5,9,11,18H,4,6-8H2,1H3/t9-,11+/m0/s1. The summed E-state index contributed by atoms with van der Waals surface area (Å²) in [6.45, 7) is 0.258. The molecule has 1 aliphatic heterocycles. The van der Waals surface area contributed by atoms with Gasteiger partial charge in [0.1, 0.15) is 5.75 Å². The number of amides is 1. The largest absolute Gasteiger partial charge is 0.484 e. The highest BCUT2D eigenvalue weighted by atomic mass is 35.5. The van der Waals surface area contributed by atoms with Crippen molar-refractivity contribution >= 4 is 29.1 Å². The van der Waals surface area contributed by atoms with Gasteiger partial charge in [-0.2, -0.15) is 0 Å². The van der Waals surface area contributed by atoms with Gasteiger partial charge in [0.2, 0.25) is 0 Å². The summed E-state index contributed by atoms with van der Waals surface area (Å²) in [6, 6.07) is 4.59. The summed E-state index contributed by atoms with van der Waals surface area (Å²) >= 11 is 11.7. The van der Waals surface area contributed by atoms with Crippen LogP contribution in [-0.2, 0) is 9.53 Å². The Kier molecular flexibility index (Phi) is 5.70. The minimum absolute atomic E-state index is 0.0453. The molecule has 21 heavy (non-hydrogen) atoms. The Morgan fingerprint density at radius 2 is 2.19 bits per heavy atom. The Balaban J connectivity index is 1.93. The van der Waals surface area contributed by atoms with Gasteiger partial charge in [-0.1, -0.05) is 23.2 Å². The lowest BCUT2D eigenvalue weighted by Gasteiger charge is -2.22. The van der Waals surface area contributed by atoms with Crippen LogP contribution in [0.1, 0.15) is 6.42 Å². The van der Waals surface area contributed by atoms with Crippen molar-refractivity contribution in [3.05, 3.63) is 28.2 Å². The number of hydrogen-bond donors (Lipinski definition) is 1. The maximum atomic E-state index is 12.2. The molecule has 0 bridgehead atoms. The van der Waals surface area contributed by atoms with Gasteiger partial charge in [0.25, 0.3) is 5.91 Å². The van der Waals surface area contributed by atoms with Gasteiger partial charge in [-0.15, -0.1) is 0 Å². The summed E-state index contributed by atoms with van der Waals surface area (Å²) in [5, 5.41) is 10.1. The first-order valence-electron chi connectivity index (χ1n) is 6.56. The fourth-order valence-electron chi connectivity index (χ4n) is 2.32. The molecule has 116 valence electrons. The van der Waals surface area contributed by atoms with E-state index in [1.807, 2.05) is 0 Å². The van der Waals surface area contributed by atoms with Gasteiger partial charge in [0, 0.05) is 19.7 Å². The first-order chi connectivity index (χ1) is 10.0. The maximum Gasteiger partial charge on any atom is 0.260 e. The third-order valence-electron chi connectivity index (χ3n) is 3.49. The zero-order chi connectivity index (χ0) is 15.4. The molecule has 0 radical (unpaired) electrons. The highest BCUT2D eigenvalue weighted by Crippen LogP contribution is 2.26. The van der Waals surface area contributed by atoms with Crippen LogP contribution in [0.2, 0.25) is 10.0 Å². The summed E-state index contributed by atoms with van der Waals surface area (Å²) in [6.07, 6.45) is 0.585. The van der Waals surface area contributed by atoms with Crippen LogP contribution < -0.4 is 4.74 Å². The lowest BCUT2D eigenvalue weighted by atomic mass is 10.2. The molecule has 1 amide bonds. The molecule has 5 nitrogen and oxygen atoms in total. The Labute approximate surface area is 133 Å². The second-order valence-electron chi connectivity index (χ2n) is 4.84. The van der Waals surface area contributed by atoms with Crippen LogP contribution in [0.25, 0.3) is 0 Å². The average molecular weight is 334 g/mol. The molecule has 0 spiro atoms. The molecule has 1 aliphatic rings. The summed E-state index contributed by atoms with van der Waals surface area (Å²) in [5.74, 6) is 0.278. The fraction of sp³-hybridized carbons (Fsp3) is 0.500. The van der Waals surface area contributed by atoms with E-state index in [2.05, 4.69) is 0 Å². The monoisotopic (exact) mass is 333 g/mol. The molecular weight excluding hydrogens is 317 g/mol. The summed E-state index contributed by atoms with van der Waals surface area (Å²) < 4.78 is 10.7. The third-order valence-corrected chi connectivity index (χ3v) is 4.23. The van der Waals surface area contributed by atoms with Crippen molar-refractivity contribution in [2.75, 3.05) is 26.9 Å². The number of nitrogens with zero attached hydrogens (tertiary/aromatic N) is 1. The molecule has 1 aromatic rings. The highest BCUT2D eigenvalue weighted by molar-refractivity contribution is 6.42. The van der Waals surface area contributed by atoms with Crippen LogP contribution in [0.4, 0.5) is 0 Å². The zero-order valence-electron chi connectivity index (χ0n) is 11.6. The van der Waals surface area contributed by atoms with Crippen LogP contribution in [0.3, 0.4) is 0 Å². The molecule has 1 fully saturated rings. The molecule has 0 aromatic heterocycles. The maximum absolute atomic E-state index is 12.2. The van der Waals surface area contributed by atoms with Gasteiger partial charge in [-0.3, -0.25) is 4.79 Å². The van der Waals surface area contributed by atoms with Gasteiger partial charge < -0.3 is 19.5 Å². The van der Waals surface area contributed by atoms with Crippen LogP contribution in [-0.4, -0.2) is 54.9 Å². The molecule has 0 saturated carbocycles. The molecule has 1 heterocycles. The molecule has 7 heteroatoms. The number of benzene rings is 1. The SMILES string of the molecule is CO[C@@H]1C[C@@H](CO)N(C(=O)COc2ccc(Cl)c(Cl)c2)C1. The second-order valence-corrected chi connectivity index (χ2v) is 5.65. The minimum Gasteiger partial charge on any atom is -0.484 e. The van der Waals surface area contributed by atoms with Gasteiger partial charge in [0.15, 0.2) is 6.61 Å². The molecule has 1 aromatic carbocycles. The van der Waals surface area contributed by atoms with E-state index in [4.69, 9.17) is 32.7 Å². The molecule has 1 saturated heterocycles. The smallest absolute Gasteiger partial charge is 0.260 e. The van der Waals surface area contributed by atoms with E-state index in [1.165, 1.54) is 0 Å². The van der Waals surface area contributed by atoms with Crippen molar-refractivity contribution in [2.24, 2.45) is 0 Å². The zero-order valence-corrected chi connectivity index (χ0v) is 13.1. The number of carbonyl (C=O) groups is 1. The molecular formula is C14H17Cl2NO4. The second kappa shape index (κ2) is 7.31. The number of likely N-dealkylation sites (tertiary alicyclic amines) is 1. The number of methoxy groups -OCH3 is 1. The van der Waals surface area contributed by atoms with Crippen molar-refractivity contribution in [1.29, 1.82) is 0 Å². The lowest BCUT2D eigenvalue weighted by Crippen LogP contribution is -2.40. The van der Waals surface area contributed by atoms with E-state index in [9.17, 15) is 9.90 Å². The number of hydrogen-bond acceptors (Lipinski definition) is 4. The summed E-state index contributed by atoms with van der Waals surface area (Å²) in [7, 11) is 1.60. The van der Waals surface area contributed by atoms with Gasteiger partial charge in [-0.05, 0) is 18.6 Å². The number of halogens is 2. The molecule has 1 N–H and O–H groups in total. The first kappa shape index (κ1) is 16.4. The number of ether oxygens (including phenoxy) is 2. The van der Waals surface area contributed by atoms with E-state index in [0.29, 0.717) is 28.8 Å². The van der Waals surface area contributed by atoms with Gasteiger partial charge in [0.05, 0.1) is 28.8 Å². The normalized spacial score (nSPS) is 21.6. The Hall–Kier alpha value is -1.01.